The van der Waals surface area contributed by atoms with Crippen LogP contribution in [-0.2, 0) is 0 Å². The molecule has 29 heavy (non-hydrogen) atoms. The van der Waals surface area contributed by atoms with E-state index in [1.165, 1.54) is 0 Å². The molecule has 0 saturated heterocycles. The van der Waals surface area contributed by atoms with Crippen LogP contribution in [0.25, 0.3) is 0 Å². The molecule has 0 heteroatoms. The Morgan fingerprint density at radius 1 is 0.793 bits per heavy atom. The first-order valence-corrected chi connectivity index (χ1v) is 10.9. The fourth-order valence-corrected chi connectivity index (χ4v) is 3.32. The topological polar surface area (TPSA) is 0 Å². The largest absolute Gasteiger partial charge is 0.120 e. The first-order valence-electron chi connectivity index (χ1n) is 10.9. The van der Waals surface area contributed by atoms with Crippen LogP contribution in [0.5, 0.6) is 0 Å². The first kappa shape index (κ1) is 26.4. The van der Waals surface area contributed by atoms with Crippen molar-refractivity contribution in [3.8, 4) is 72.1 Å². The molecule has 0 aliphatic heterocycles. The lowest BCUT2D eigenvalue weighted by molar-refractivity contribution is 0.185. The summed E-state index contributed by atoms with van der Waals surface area (Å²) in [5, 5.41) is 0. The fraction of sp³-hybridized carbons (Fsp3) is 0.586. The van der Waals surface area contributed by atoms with Gasteiger partial charge in [0, 0.05) is 49.9 Å². The predicted octanol–water partition coefficient (Wildman–Crippen LogP) is 6.61. The van der Waals surface area contributed by atoms with Gasteiger partial charge in [0.1, 0.15) is 0 Å². The van der Waals surface area contributed by atoms with Gasteiger partial charge >= 0.3 is 0 Å². The normalized spacial score (nSPS) is 11.9. The average Bonchev–Trinajstić information content (AvgIpc) is 2.73. The van der Waals surface area contributed by atoms with Crippen LogP contribution in [0.1, 0.15) is 97.8 Å². The molecule has 0 rings (SSSR count). The van der Waals surface area contributed by atoms with E-state index in [2.05, 4.69) is 73.1 Å². The number of unbranched alkanes of at least 4 members (excludes halogenated alkanes) is 4. The lowest BCUT2D eigenvalue weighted by Gasteiger charge is -2.36. The first-order chi connectivity index (χ1) is 14.2. The van der Waals surface area contributed by atoms with Gasteiger partial charge in [-0.1, -0.05) is 44.5 Å². The van der Waals surface area contributed by atoms with Crippen LogP contribution < -0.4 is 0 Å². The molecule has 0 nitrogen and oxygen atoms in total. The third-order valence-electron chi connectivity index (χ3n) is 4.95. The fourth-order valence-electron chi connectivity index (χ4n) is 3.32. The third-order valence-corrected chi connectivity index (χ3v) is 4.95. The van der Waals surface area contributed by atoms with Crippen molar-refractivity contribution in [2.24, 2.45) is 11.3 Å². The van der Waals surface area contributed by atoms with Gasteiger partial charge < -0.3 is 0 Å². The molecule has 0 saturated carbocycles. The van der Waals surface area contributed by atoms with E-state index in [0.717, 1.165) is 70.6 Å². The molecule has 0 aromatic rings. The SMILES string of the molecule is C#CCCCCC(CC#C)(CC#CC#CC)C(C#CCCCC)CCC#CCC. The molecule has 0 aliphatic carbocycles. The Labute approximate surface area is 181 Å². The molecule has 0 fully saturated rings. The Bertz CT molecular complexity index is 767. The maximum Gasteiger partial charge on any atom is 0.0286 e. The summed E-state index contributed by atoms with van der Waals surface area (Å²) in [6.07, 6.45) is 22.4. The van der Waals surface area contributed by atoms with E-state index >= 15 is 0 Å². The van der Waals surface area contributed by atoms with Crippen LogP contribution in [0.4, 0.5) is 0 Å². The summed E-state index contributed by atoms with van der Waals surface area (Å²) in [7, 11) is 0. The molecular formula is C29H36. The molecule has 152 valence electrons. The van der Waals surface area contributed by atoms with Crippen molar-refractivity contribution in [2.75, 3.05) is 0 Å². The van der Waals surface area contributed by atoms with Crippen molar-refractivity contribution >= 4 is 0 Å². The van der Waals surface area contributed by atoms with Gasteiger partial charge in [-0.05, 0) is 44.4 Å². The summed E-state index contributed by atoms with van der Waals surface area (Å²) in [6, 6.07) is 0. The molecular weight excluding hydrogens is 348 g/mol. The summed E-state index contributed by atoms with van der Waals surface area (Å²) in [4.78, 5) is 0. The Balaban J connectivity index is 5.81. The number of terminal acetylenes is 2. The maximum atomic E-state index is 5.83. The predicted molar refractivity (Wildman–Crippen MR) is 127 cm³/mol. The van der Waals surface area contributed by atoms with Crippen molar-refractivity contribution in [3.63, 3.8) is 0 Å². The molecule has 0 N–H and O–H groups in total. The second-order valence-corrected chi connectivity index (χ2v) is 7.23. The zero-order valence-corrected chi connectivity index (χ0v) is 18.7. The van der Waals surface area contributed by atoms with Crippen molar-refractivity contribution in [1.29, 1.82) is 0 Å². The zero-order valence-electron chi connectivity index (χ0n) is 18.7. The number of rotatable bonds is 11. The highest BCUT2D eigenvalue weighted by molar-refractivity contribution is 5.26. The van der Waals surface area contributed by atoms with E-state index in [0.29, 0.717) is 6.42 Å². The Morgan fingerprint density at radius 2 is 1.62 bits per heavy atom. The van der Waals surface area contributed by atoms with Crippen molar-refractivity contribution < 1.29 is 0 Å². The van der Waals surface area contributed by atoms with Crippen LogP contribution in [0.15, 0.2) is 0 Å². The van der Waals surface area contributed by atoms with Crippen molar-refractivity contribution in [2.45, 2.75) is 97.8 Å². The van der Waals surface area contributed by atoms with E-state index in [4.69, 9.17) is 12.8 Å². The smallest absolute Gasteiger partial charge is 0.0286 e. The van der Waals surface area contributed by atoms with E-state index in [9.17, 15) is 0 Å². The number of hydrogen-bond acceptors (Lipinski definition) is 0. The monoisotopic (exact) mass is 384 g/mol. The highest BCUT2D eigenvalue weighted by Crippen LogP contribution is 2.42. The van der Waals surface area contributed by atoms with E-state index in [1.807, 2.05) is 0 Å². The Kier molecular flexibility index (Phi) is 17.0. The summed E-state index contributed by atoms with van der Waals surface area (Å²) in [5.41, 5.74) is -0.126. The summed E-state index contributed by atoms with van der Waals surface area (Å²) < 4.78 is 0. The van der Waals surface area contributed by atoms with Crippen LogP contribution >= 0.6 is 0 Å². The molecule has 0 aromatic carbocycles. The summed E-state index contributed by atoms with van der Waals surface area (Å²) in [5.74, 6) is 31.2. The quantitative estimate of drug-likeness (QED) is 0.278. The molecule has 0 aliphatic rings. The second kappa shape index (κ2) is 18.7. The standard InChI is InChI=1S/C29H36/c1-6-11-15-19-23-28(24-20-16-12-7-2)29(25-10-5,26-21-17-13-8-3)27-22-18-14-9-4/h3,5,28H,6-7,11,13,15,17,20-21,24-27H2,1-2,4H3. The molecule has 2 atom stereocenters. The number of hydrogen-bond donors (Lipinski definition) is 0. The Hall–Kier alpha value is -2.64. The van der Waals surface area contributed by atoms with Crippen molar-refractivity contribution in [1.82, 2.24) is 0 Å². The lowest BCUT2D eigenvalue weighted by Crippen LogP contribution is -2.30. The molecule has 0 spiro atoms. The zero-order chi connectivity index (χ0) is 21.6. The molecule has 0 radical (unpaired) electrons. The minimum Gasteiger partial charge on any atom is -0.120 e. The van der Waals surface area contributed by atoms with Crippen molar-refractivity contribution in [3.05, 3.63) is 0 Å². The third kappa shape index (κ3) is 12.4. The molecule has 0 heterocycles. The molecule has 0 bridgehead atoms. The maximum absolute atomic E-state index is 5.83. The van der Waals surface area contributed by atoms with Crippen LogP contribution in [-0.4, -0.2) is 0 Å². The van der Waals surface area contributed by atoms with Gasteiger partial charge in [-0.3, -0.25) is 0 Å². The molecule has 0 aromatic heterocycles. The minimum atomic E-state index is -0.126. The van der Waals surface area contributed by atoms with E-state index < -0.39 is 0 Å². The van der Waals surface area contributed by atoms with Crippen LogP contribution in [0, 0.1) is 83.4 Å². The van der Waals surface area contributed by atoms with Crippen LogP contribution in [0.2, 0.25) is 0 Å². The van der Waals surface area contributed by atoms with Gasteiger partial charge in [0.05, 0.1) is 0 Å². The van der Waals surface area contributed by atoms with Gasteiger partial charge in [0.2, 0.25) is 0 Å². The van der Waals surface area contributed by atoms with Gasteiger partial charge in [-0.2, -0.15) is 0 Å². The van der Waals surface area contributed by atoms with Crippen LogP contribution in [0.3, 0.4) is 0 Å². The Morgan fingerprint density at radius 3 is 2.28 bits per heavy atom. The second-order valence-electron chi connectivity index (χ2n) is 7.23. The average molecular weight is 385 g/mol. The molecule has 0 amide bonds. The highest BCUT2D eigenvalue weighted by atomic mass is 14.4. The van der Waals surface area contributed by atoms with Gasteiger partial charge in [0.25, 0.3) is 0 Å². The van der Waals surface area contributed by atoms with Gasteiger partial charge in [-0.15, -0.1) is 42.4 Å². The summed E-state index contributed by atoms with van der Waals surface area (Å²) in [6.45, 7) is 6.07. The minimum absolute atomic E-state index is 0.126. The van der Waals surface area contributed by atoms with Gasteiger partial charge in [-0.25, -0.2) is 0 Å². The molecule has 2 unspecified atom stereocenters. The van der Waals surface area contributed by atoms with E-state index in [1.54, 1.807) is 6.92 Å². The summed E-state index contributed by atoms with van der Waals surface area (Å²) >= 11 is 0. The highest BCUT2D eigenvalue weighted by Gasteiger charge is 2.36. The van der Waals surface area contributed by atoms with Gasteiger partial charge in [0.15, 0.2) is 0 Å². The van der Waals surface area contributed by atoms with E-state index in [-0.39, 0.29) is 11.3 Å². The lowest BCUT2D eigenvalue weighted by atomic mass is 9.66.